The van der Waals surface area contributed by atoms with Gasteiger partial charge in [-0.15, -0.1) is 0 Å². The highest BCUT2D eigenvalue weighted by Crippen LogP contribution is 2.01. The maximum atomic E-state index is 5.48. The summed E-state index contributed by atoms with van der Waals surface area (Å²) < 4.78 is 1.78. The van der Waals surface area contributed by atoms with E-state index in [1.807, 2.05) is 24.5 Å². The van der Waals surface area contributed by atoms with Gasteiger partial charge in [0, 0.05) is 18.6 Å². The second-order valence-electron chi connectivity index (χ2n) is 2.80. The second-order valence-corrected chi connectivity index (χ2v) is 2.80. The molecule has 0 bridgehead atoms. The molecule has 0 amide bonds. The Morgan fingerprint density at radius 2 is 2.31 bits per heavy atom. The number of hydrogen-bond donors (Lipinski definition) is 1. The first kappa shape index (κ1) is 7.79. The van der Waals surface area contributed by atoms with Crippen LogP contribution in [0.4, 0.5) is 5.82 Å². The molecule has 66 valence electrons. The molecule has 2 N–H and O–H groups in total. The van der Waals surface area contributed by atoms with Crippen LogP contribution in [0.2, 0.25) is 0 Å². The first-order valence-corrected chi connectivity index (χ1v) is 4.02. The van der Waals surface area contributed by atoms with Crippen LogP contribution in [0.1, 0.15) is 5.56 Å². The lowest BCUT2D eigenvalue weighted by atomic mass is 10.3. The first-order chi connectivity index (χ1) is 6.34. The molecule has 0 unspecified atom stereocenters. The molecule has 13 heavy (non-hydrogen) atoms. The fourth-order valence-corrected chi connectivity index (χ4v) is 1.14. The minimum Gasteiger partial charge on any atom is -0.382 e. The molecule has 2 aromatic heterocycles. The quantitative estimate of drug-likeness (QED) is 0.736. The van der Waals surface area contributed by atoms with Crippen molar-refractivity contribution in [1.29, 1.82) is 0 Å². The van der Waals surface area contributed by atoms with Gasteiger partial charge >= 0.3 is 0 Å². The highest BCUT2D eigenvalue weighted by Gasteiger charge is 1.95. The van der Waals surface area contributed by atoms with Crippen LogP contribution < -0.4 is 5.73 Å². The van der Waals surface area contributed by atoms with E-state index < -0.39 is 0 Å². The monoisotopic (exact) mass is 174 g/mol. The summed E-state index contributed by atoms with van der Waals surface area (Å²) >= 11 is 0. The number of pyridine rings is 1. The number of aromatic nitrogens is 3. The highest BCUT2D eigenvalue weighted by atomic mass is 15.3. The third kappa shape index (κ3) is 1.84. The summed E-state index contributed by atoms with van der Waals surface area (Å²) in [6.07, 6.45) is 5.42. The molecule has 4 nitrogen and oxygen atoms in total. The SMILES string of the molecule is Nc1ccn(Cc2cccnc2)n1. The summed E-state index contributed by atoms with van der Waals surface area (Å²) in [6, 6.07) is 5.68. The maximum Gasteiger partial charge on any atom is 0.145 e. The Kier molecular flexibility index (Phi) is 1.96. The van der Waals surface area contributed by atoms with Gasteiger partial charge in [0.2, 0.25) is 0 Å². The van der Waals surface area contributed by atoms with Crippen LogP contribution in [-0.2, 0) is 6.54 Å². The van der Waals surface area contributed by atoms with Crippen LogP contribution in [0.25, 0.3) is 0 Å². The van der Waals surface area contributed by atoms with Crippen LogP contribution >= 0.6 is 0 Å². The molecule has 0 atom stereocenters. The number of anilines is 1. The molecule has 2 aromatic rings. The summed E-state index contributed by atoms with van der Waals surface area (Å²) in [5.41, 5.74) is 6.60. The molecule has 0 aliphatic carbocycles. The first-order valence-electron chi connectivity index (χ1n) is 4.02. The van der Waals surface area contributed by atoms with Gasteiger partial charge in [-0.3, -0.25) is 9.67 Å². The Balaban J connectivity index is 2.15. The van der Waals surface area contributed by atoms with Crippen molar-refractivity contribution in [1.82, 2.24) is 14.8 Å². The van der Waals surface area contributed by atoms with E-state index in [0.29, 0.717) is 12.4 Å². The zero-order chi connectivity index (χ0) is 9.10. The molecule has 0 aromatic carbocycles. The average molecular weight is 174 g/mol. The predicted octanol–water partition coefficient (Wildman–Crippen LogP) is 0.909. The molecule has 0 spiro atoms. The van der Waals surface area contributed by atoms with Crippen molar-refractivity contribution >= 4 is 5.82 Å². The van der Waals surface area contributed by atoms with E-state index in [-0.39, 0.29) is 0 Å². The van der Waals surface area contributed by atoms with Crippen LogP contribution in [0.3, 0.4) is 0 Å². The van der Waals surface area contributed by atoms with Crippen LogP contribution in [0.5, 0.6) is 0 Å². The number of nitrogen functional groups attached to an aromatic ring is 1. The third-order valence-corrected chi connectivity index (χ3v) is 1.73. The van der Waals surface area contributed by atoms with E-state index in [2.05, 4.69) is 10.1 Å². The van der Waals surface area contributed by atoms with Crippen LogP contribution in [0.15, 0.2) is 36.8 Å². The zero-order valence-corrected chi connectivity index (χ0v) is 7.09. The second kappa shape index (κ2) is 3.26. The summed E-state index contributed by atoms with van der Waals surface area (Å²) in [6.45, 7) is 0.713. The normalized spacial score (nSPS) is 10.2. The van der Waals surface area contributed by atoms with Crippen LogP contribution in [-0.4, -0.2) is 14.8 Å². The standard InChI is InChI=1S/C9H10N4/c10-9-3-5-13(12-9)7-8-2-1-4-11-6-8/h1-6H,7H2,(H2,10,12). The molecular formula is C9H10N4. The molecule has 0 saturated carbocycles. The third-order valence-electron chi connectivity index (χ3n) is 1.73. The van der Waals surface area contributed by atoms with Gasteiger partial charge in [-0.25, -0.2) is 0 Å². The molecule has 0 saturated heterocycles. The number of hydrogen-bond acceptors (Lipinski definition) is 3. The number of nitrogens with two attached hydrogens (primary N) is 1. The topological polar surface area (TPSA) is 56.7 Å². The summed E-state index contributed by atoms with van der Waals surface area (Å²) in [4.78, 5) is 4.02. The van der Waals surface area contributed by atoms with Gasteiger partial charge in [-0.05, 0) is 17.7 Å². The lowest BCUT2D eigenvalue weighted by Crippen LogP contribution is -2.01. The van der Waals surface area contributed by atoms with Gasteiger partial charge in [0.05, 0.1) is 6.54 Å². The molecule has 2 rings (SSSR count). The minimum atomic E-state index is 0.545. The van der Waals surface area contributed by atoms with Gasteiger partial charge in [-0.1, -0.05) is 6.07 Å². The molecule has 0 aliphatic rings. The van der Waals surface area contributed by atoms with Gasteiger partial charge in [0.25, 0.3) is 0 Å². The molecule has 2 heterocycles. The van der Waals surface area contributed by atoms with E-state index in [1.54, 1.807) is 16.9 Å². The van der Waals surface area contributed by atoms with E-state index in [9.17, 15) is 0 Å². The Morgan fingerprint density at radius 1 is 1.38 bits per heavy atom. The van der Waals surface area contributed by atoms with Gasteiger partial charge < -0.3 is 5.73 Å². The van der Waals surface area contributed by atoms with Gasteiger partial charge in [0.15, 0.2) is 0 Å². The highest BCUT2D eigenvalue weighted by molar-refractivity contribution is 5.24. The maximum absolute atomic E-state index is 5.48. The molecular weight excluding hydrogens is 164 g/mol. The lowest BCUT2D eigenvalue weighted by Gasteiger charge is -1.99. The number of rotatable bonds is 2. The van der Waals surface area contributed by atoms with E-state index in [0.717, 1.165) is 5.56 Å². The molecule has 0 aliphatic heterocycles. The lowest BCUT2D eigenvalue weighted by molar-refractivity contribution is 0.688. The molecule has 0 fully saturated rings. The van der Waals surface area contributed by atoms with Crippen LogP contribution in [0, 0.1) is 0 Å². The Morgan fingerprint density at radius 3 is 2.92 bits per heavy atom. The van der Waals surface area contributed by atoms with Gasteiger partial charge in [-0.2, -0.15) is 5.10 Å². The summed E-state index contributed by atoms with van der Waals surface area (Å²) in [7, 11) is 0. The van der Waals surface area contributed by atoms with Crippen molar-refractivity contribution in [2.45, 2.75) is 6.54 Å². The Bertz CT molecular complexity index is 380. The Labute approximate surface area is 76.0 Å². The van der Waals surface area contributed by atoms with Crippen molar-refractivity contribution in [3.63, 3.8) is 0 Å². The predicted molar refractivity (Wildman–Crippen MR) is 50.0 cm³/mol. The van der Waals surface area contributed by atoms with Crippen molar-refractivity contribution in [2.24, 2.45) is 0 Å². The van der Waals surface area contributed by atoms with E-state index >= 15 is 0 Å². The minimum absolute atomic E-state index is 0.545. The molecule has 0 radical (unpaired) electrons. The number of nitrogens with zero attached hydrogens (tertiary/aromatic N) is 3. The largest absolute Gasteiger partial charge is 0.382 e. The van der Waals surface area contributed by atoms with E-state index in [4.69, 9.17) is 5.73 Å². The fourth-order valence-electron chi connectivity index (χ4n) is 1.14. The smallest absolute Gasteiger partial charge is 0.145 e. The van der Waals surface area contributed by atoms with Crippen molar-refractivity contribution < 1.29 is 0 Å². The van der Waals surface area contributed by atoms with Crippen molar-refractivity contribution in [3.05, 3.63) is 42.4 Å². The molecule has 4 heteroatoms. The Hall–Kier alpha value is -1.84. The van der Waals surface area contributed by atoms with Crippen molar-refractivity contribution in [2.75, 3.05) is 5.73 Å². The fraction of sp³-hybridized carbons (Fsp3) is 0.111. The van der Waals surface area contributed by atoms with Gasteiger partial charge in [0.1, 0.15) is 5.82 Å². The van der Waals surface area contributed by atoms with Crippen molar-refractivity contribution in [3.8, 4) is 0 Å². The summed E-state index contributed by atoms with van der Waals surface area (Å²) in [5, 5.41) is 4.07. The zero-order valence-electron chi connectivity index (χ0n) is 7.09. The average Bonchev–Trinajstić information content (AvgIpc) is 2.53. The van der Waals surface area contributed by atoms with E-state index in [1.165, 1.54) is 0 Å². The summed E-state index contributed by atoms with van der Waals surface area (Å²) in [5.74, 6) is 0.545.